The molecule has 3 heteroatoms. The van der Waals surface area contributed by atoms with E-state index in [2.05, 4.69) is 6.58 Å². The molecule has 0 bridgehead atoms. The highest BCUT2D eigenvalue weighted by Gasteiger charge is 2.60. The first-order valence-electron chi connectivity index (χ1n) is 4.54. The first kappa shape index (κ1) is 8.75. The zero-order valence-electron chi connectivity index (χ0n) is 7.80. The highest BCUT2D eigenvalue weighted by atomic mass is 16.5. The molecule has 1 saturated carbocycles. The van der Waals surface area contributed by atoms with Crippen LogP contribution in [0.25, 0.3) is 0 Å². The summed E-state index contributed by atoms with van der Waals surface area (Å²) < 4.78 is 4.93. The van der Waals surface area contributed by atoms with Gasteiger partial charge in [0.25, 0.3) is 0 Å². The molecule has 1 unspecified atom stereocenters. The largest absolute Gasteiger partial charge is 0.465 e. The fraction of sp³-hybridized carbons (Fsp3) is 0.700. The minimum atomic E-state index is -0.961. The van der Waals surface area contributed by atoms with Gasteiger partial charge in [0.1, 0.15) is 5.41 Å². The van der Waals surface area contributed by atoms with Gasteiger partial charge in [-0.15, -0.1) is 0 Å². The van der Waals surface area contributed by atoms with Crippen molar-refractivity contribution < 1.29 is 14.6 Å². The van der Waals surface area contributed by atoms with Crippen LogP contribution >= 0.6 is 0 Å². The van der Waals surface area contributed by atoms with Crippen molar-refractivity contribution in [2.24, 2.45) is 5.41 Å². The number of rotatable bonds is 0. The van der Waals surface area contributed by atoms with Crippen molar-refractivity contribution >= 4 is 5.97 Å². The summed E-state index contributed by atoms with van der Waals surface area (Å²) in [5, 5.41) is 10.1. The molecule has 0 aromatic rings. The zero-order chi connectivity index (χ0) is 9.69. The van der Waals surface area contributed by atoms with Crippen LogP contribution in [0.3, 0.4) is 0 Å². The minimum absolute atomic E-state index is 0.254. The van der Waals surface area contributed by atoms with Crippen molar-refractivity contribution in [3.8, 4) is 0 Å². The van der Waals surface area contributed by atoms with E-state index in [0.717, 1.165) is 5.57 Å². The maximum atomic E-state index is 11.5. The Morgan fingerprint density at radius 3 is 2.62 bits per heavy atom. The van der Waals surface area contributed by atoms with Crippen LogP contribution in [-0.2, 0) is 9.53 Å². The van der Waals surface area contributed by atoms with Crippen LogP contribution in [0, 0.1) is 5.41 Å². The molecule has 1 N–H and O–H groups in total. The van der Waals surface area contributed by atoms with Crippen molar-refractivity contribution in [1.29, 1.82) is 0 Å². The normalized spacial score (nSPS) is 44.5. The molecule has 1 spiro atoms. The van der Waals surface area contributed by atoms with Crippen LogP contribution in [0.1, 0.15) is 26.2 Å². The highest BCUT2D eigenvalue weighted by molar-refractivity contribution is 5.81. The first-order chi connectivity index (χ1) is 5.98. The van der Waals surface area contributed by atoms with E-state index in [4.69, 9.17) is 4.74 Å². The summed E-state index contributed by atoms with van der Waals surface area (Å²) in [6, 6.07) is 0. The molecule has 1 heterocycles. The van der Waals surface area contributed by atoms with Crippen molar-refractivity contribution in [3.63, 3.8) is 0 Å². The number of hydrogen-bond acceptors (Lipinski definition) is 3. The fourth-order valence-electron chi connectivity index (χ4n) is 2.54. The van der Waals surface area contributed by atoms with Crippen LogP contribution in [0.15, 0.2) is 12.2 Å². The summed E-state index contributed by atoms with van der Waals surface area (Å²) in [5.74, 6) is -0.254. The molecular weight excluding hydrogens is 168 g/mol. The third-order valence-corrected chi connectivity index (χ3v) is 3.33. The number of esters is 1. The Morgan fingerprint density at radius 1 is 1.54 bits per heavy atom. The van der Waals surface area contributed by atoms with Gasteiger partial charge in [0, 0.05) is 6.42 Å². The molecule has 0 amide bonds. The van der Waals surface area contributed by atoms with Gasteiger partial charge in [-0.3, -0.25) is 4.79 Å². The maximum Gasteiger partial charge on any atom is 0.315 e. The second kappa shape index (κ2) is 2.35. The van der Waals surface area contributed by atoms with Gasteiger partial charge in [-0.1, -0.05) is 12.2 Å². The standard InChI is InChI=1S/C10H14O3/c1-7-5-9(2,12)10(6-7)3-4-13-8(10)11/h12H,1,3-6H2,2H3/t9-,10?/m0/s1. The average Bonchev–Trinajstić information content (AvgIpc) is 2.41. The predicted octanol–water partition coefficient (Wildman–Crippen LogP) is 1.02. The molecule has 2 rings (SSSR count). The summed E-state index contributed by atoms with van der Waals surface area (Å²) in [5.41, 5.74) is -0.703. The Hall–Kier alpha value is -0.830. The molecule has 0 radical (unpaired) electrons. The van der Waals surface area contributed by atoms with Crippen LogP contribution < -0.4 is 0 Å². The van der Waals surface area contributed by atoms with Gasteiger partial charge in [-0.2, -0.15) is 0 Å². The number of carbonyl (C=O) groups excluding carboxylic acids is 1. The molecule has 1 aliphatic heterocycles. The molecule has 0 aromatic carbocycles. The SMILES string of the molecule is C=C1CC2(CCOC2=O)[C@@](C)(O)C1. The second-order valence-corrected chi connectivity index (χ2v) is 4.35. The van der Waals surface area contributed by atoms with Gasteiger partial charge in [0.2, 0.25) is 0 Å². The molecule has 3 nitrogen and oxygen atoms in total. The van der Waals surface area contributed by atoms with Crippen molar-refractivity contribution in [2.45, 2.75) is 31.8 Å². The van der Waals surface area contributed by atoms with Crippen LogP contribution in [-0.4, -0.2) is 23.3 Å². The van der Waals surface area contributed by atoms with E-state index in [0.29, 0.717) is 25.9 Å². The summed E-state index contributed by atoms with van der Waals surface area (Å²) >= 11 is 0. The number of carbonyl (C=O) groups is 1. The van der Waals surface area contributed by atoms with Crippen molar-refractivity contribution in [3.05, 3.63) is 12.2 Å². The summed E-state index contributed by atoms with van der Waals surface area (Å²) in [7, 11) is 0. The Kier molecular flexibility index (Phi) is 1.58. The first-order valence-corrected chi connectivity index (χ1v) is 4.54. The third kappa shape index (κ3) is 0.967. The van der Waals surface area contributed by atoms with Crippen LogP contribution in [0.4, 0.5) is 0 Å². The molecule has 72 valence electrons. The van der Waals surface area contributed by atoms with Crippen molar-refractivity contribution in [2.75, 3.05) is 6.61 Å². The molecule has 1 aliphatic carbocycles. The second-order valence-electron chi connectivity index (χ2n) is 4.35. The predicted molar refractivity (Wildman–Crippen MR) is 47.0 cm³/mol. The monoisotopic (exact) mass is 182 g/mol. The summed E-state index contributed by atoms with van der Waals surface area (Å²) in [4.78, 5) is 11.5. The molecule has 13 heavy (non-hydrogen) atoms. The van der Waals surface area contributed by atoms with E-state index in [-0.39, 0.29) is 5.97 Å². The van der Waals surface area contributed by atoms with Gasteiger partial charge in [-0.25, -0.2) is 0 Å². The molecule has 2 fully saturated rings. The van der Waals surface area contributed by atoms with Gasteiger partial charge in [0.15, 0.2) is 0 Å². The fourth-order valence-corrected chi connectivity index (χ4v) is 2.54. The Morgan fingerprint density at radius 2 is 2.23 bits per heavy atom. The lowest BCUT2D eigenvalue weighted by atomic mass is 9.74. The number of hydrogen-bond donors (Lipinski definition) is 1. The summed E-state index contributed by atoms with van der Waals surface area (Å²) in [6.07, 6.45) is 1.72. The molecule has 1 saturated heterocycles. The average molecular weight is 182 g/mol. The lowest BCUT2D eigenvalue weighted by Gasteiger charge is -2.31. The minimum Gasteiger partial charge on any atom is -0.465 e. The summed E-state index contributed by atoms with van der Waals surface area (Å²) in [6.45, 7) is 5.97. The number of ether oxygens (including phenoxy) is 1. The topological polar surface area (TPSA) is 46.5 Å². The Labute approximate surface area is 77.4 Å². The highest BCUT2D eigenvalue weighted by Crippen LogP contribution is 2.53. The van der Waals surface area contributed by atoms with Crippen molar-refractivity contribution in [1.82, 2.24) is 0 Å². The van der Waals surface area contributed by atoms with Gasteiger partial charge in [0.05, 0.1) is 12.2 Å². The van der Waals surface area contributed by atoms with E-state index in [1.807, 2.05) is 0 Å². The molecular formula is C10H14O3. The van der Waals surface area contributed by atoms with Gasteiger partial charge in [-0.05, 0) is 19.8 Å². The van der Waals surface area contributed by atoms with E-state index < -0.39 is 11.0 Å². The lowest BCUT2D eigenvalue weighted by molar-refractivity contribution is -0.156. The smallest absolute Gasteiger partial charge is 0.315 e. The van der Waals surface area contributed by atoms with E-state index in [1.165, 1.54) is 0 Å². The molecule has 0 aromatic heterocycles. The van der Waals surface area contributed by atoms with E-state index in [1.54, 1.807) is 6.92 Å². The quantitative estimate of drug-likeness (QED) is 0.449. The van der Waals surface area contributed by atoms with Crippen LogP contribution in [0.5, 0.6) is 0 Å². The maximum absolute atomic E-state index is 11.5. The zero-order valence-corrected chi connectivity index (χ0v) is 7.80. The van der Waals surface area contributed by atoms with Crippen LogP contribution in [0.2, 0.25) is 0 Å². The Balaban J connectivity index is 2.41. The number of aliphatic hydroxyl groups is 1. The van der Waals surface area contributed by atoms with E-state index >= 15 is 0 Å². The number of cyclic esters (lactones) is 1. The Bertz CT molecular complexity index is 280. The van der Waals surface area contributed by atoms with E-state index in [9.17, 15) is 9.90 Å². The molecule has 2 aliphatic rings. The molecule has 2 atom stereocenters. The third-order valence-electron chi connectivity index (χ3n) is 3.33. The lowest BCUT2D eigenvalue weighted by Crippen LogP contribution is -2.44. The van der Waals surface area contributed by atoms with Gasteiger partial charge < -0.3 is 9.84 Å². The van der Waals surface area contributed by atoms with Gasteiger partial charge >= 0.3 is 5.97 Å².